The van der Waals surface area contributed by atoms with Crippen LogP contribution in [0.1, 0.15) is 35.1 Å². The number of hydrogen-bond acceptors (Lipinski definition) is 2. The quantitative estimate of drug-likeness (QED) is 0.910. The smallest absolute Gasteiger partial charge is 0.0704 e. The average molecular weight is 255 g/mol. The van der Waals surface area contributed by atoms with E-state index in [2.05, 4.69) is 49.5 Å². The van der Waals surface area contributed by atoms with E-state index in [0.29, 0.717) is 0 Å². The first-order chi connectivity index (χ1) is 9.13. The zero-order valence-corrected chi connectivity index (χ0v) is 11.9. The lowest BCUT2D eigenvalue weighted by molar-refractivity contribution is 0.687. The minimum atomic E-state index is 0.742. The van der Waals surface area contributed by atoms with Crippen molar-refractivity contribution in [2.45, 2.75) is 46.2 Å². The third kappa shape index (κ3) is 2.71. The first-order valence-electron chi connectivity index (χ1n) is 6.98. The monoisotopic (exact) mass is 255 g/mol. The van der Waals surface area contributed by atoms with Crippen LogP contribution in [-0.2, 0) is 6.54 Å². The Morgan fingerprint density at radius 2 is 1.89 bits per heavy atom. The third-order valence-electron chi connectivity index (χ3n) is 3.67. The molecule has 1 heterocycles. The van der Waals surface area contributed by atoms with Crippen LogP contribution in [0.3, 0.4) is 0 Å². The molecule has 0 unspecified atom stereocenters. The molecule has 0 radical (unpaired) electrons. The lowest BCUT2D eigenvalue weighted by atomic mass is 10.1. The lowest BCUT2D eigenvalue weighted by Crippen LogP contribution is -2.14. The van der Waals surface area contributed by atoms with E-state index < -0.39 is 0 Å². The van der Waals surface area contributed by atoms with Crippen molar-refractivity contribution in [1.82, 2.24) is 15.1 Å². The number of nitrogens with one attached hydrogen (secondary N) is 1. The fraction of sp³-hybridized carbons (Fsp3) is 0.438. The summed E-state index contributed by atoms with van der Waals surface area (Å²) in [5.41, 5.74) is 6.33. The summed E-state index contributed by atoms with van der Waals surface area (Å²) in [6.07, 6.45) is 6.75. The van der Waals surface area contributed by atoms with Gasteiger partial charge in [0.15, 0.2) is 0 Å². The summed E-state index contributed by atoms with van der Waals surface area (Å²) in [4.78, 5) is 0. The molecule has 0 aliphatic heterocycles. The van der Waals surface area contributed by atoms with Gasteiger partial charge in [-0.05, 0) is 44.7 Å². The van der Waals surface area contributed by atoms with Gasteiger partial charge in [0, 0.05) is 24.3 Å². The van der Waals surface area contributed by atoms with Crippen molar-refractivity contribution in [3.8, 4) is 5.69 Å². The van der Waals surface area contributed by atoms with Gasteiger partial charge in [-0.1, -0.05) is 17.7 Å². The molecule has 1 saturated carbocycles. The largest absolute Gasteiger partial charge is 0.310 e. The molecular weight excluding hydrogens is 234 g/mol. The van der Waals surface area contributed by atoms with Crippen LogP contribution in [0.4, 0.5) is 0 Å². The van der Waals surface area contributed by atoms with Gasteiger partial charge in [-0.3, -0.25) is 0 Å². The predicted octanol–water partition coefficient (Wildman–Crippen LogP) is 3.05. The molecule has 3 nitrogen and oxygen atoms in total. The second-order valence-electron chi connectivity index (χ2n) is 5.70. The van der Waals surface area contributed by atoms with Gasteiger partial charge in [0.25, 0.3) is 0 Å². The summed E-state index contributed by atoms with van der Waals surface area (Å²) in [6.45, 7) is 7.37. The molecule has 1 aliphatic rings. The van der Waals surface area contributed by atoms with E-state index in [1.807, 2.05) is 10.9 Å². The van der Waals surface area contributed by atoms with Crippen LogP contribution in [0.2, 0.25) is 0 Å². The second-order valence-corrected chi connectivity index (χ2v) is 5.70. The first kappa shape index (κ1) is 12.4. The Morgan fingerprint density at radius 3 is 2.53 bits per heavy atom. The molecule has 1 fully saturated rings. The van der Waals surface area contributed by atoms with Crippen molar-refractivity contribution in [2.24, 2.45) is 0 Å². The number of aryl methyl sites for hydroxylation is 3. The number of aromatic nitrogens is 2. The second kappa shape index (κ2) is 4.82. The summed E-state index contributed by atoms with van der Waals surface area (Å²) in [6, 6.07) is 5.17. The fourth-order valence-corrected chi connectivity index (χ4v) is 2.66. The van der Waals surface area contributed by atoms with E-state index in [-0.39, 0.29) is 0 Å². The Morgan fingerprint density at radius 1 is 1.21 bits per heavy atom. The zero-order chi connectivity index (χ0) is 13.4. The fourth-order valence-electron chi connectivity index (χ4n) is 2.66. The highest BCUT2D eigenvalue weighted by molar-refractivity contribution is 5.48. The van der Waals surface area contributed by atoms with Crippen LogP contribution >= 0.6 is 0 Å². The standard InChI is InChI=1S/C16H21N3/c1-11-6-12(2)16(13(3)7-11)19-10-14(9-18-19)8-17-15-4-5-15/h6-7,9-10,15,17H,4-5,8H2,1-3H3. The van der Waals surface area contributed by atoms with E-state index in [1.165, 1.54) is 40.8 Å². The SMILES string of the molecule is Cc1cc(C)c(-n2cc(CNC3CC3)cn2)c(C)c1. The van der Waals surface area contributed by atoms with Crippen molar-refractivity contribution >= 4 is 0 Å². The van der Waals surface area contributed by atoms with Crippen molar-refractivity contribution in [2.75, 3.05) is 0 Å². The molecule has 3 rings (SSSR count). The molecule has 2 aromatic rings. The average Bonchev–Trinajstić information content (AvgIpc) is 3.05. The highest BCUT2D eigenvalue weighted by Crippen LogP contribution is 2.22. The highest BCUT2D eigenvalue weighted by Gasteiger charge is 2.20. The summed E-state index contributed by atoms with van der Waals surface area (Å²) in [5, 5.41) is 8.04. The molecule has 1 aromatic carbocycles. The number of nitrogens with zero attached hydrogens (tertiary/aromatic N) is 2. The molecule has 0 amide bonds. The number of hydrogen-bond donors (Lipinski definition) is 1. The molecular formula is C16H21N3. The topological polar surface area (TPSA) is 29.9 Å². The first-order valence-corrected chi connectivity index (χ1v) is 6.98. The van der Waals surface area contributed by atoms with Gasteiger partial charge in [0.1, 0.15) is 0 Å². The van der Waals surface area contributed by atoms with E-state index in [9.17, 15) is 0 Å². The Bertz CT molecular complexity index is 571. The molecule has 1 aromatic heterocycles. The Labute approximate surface area is 114 Å². The van der Waals surface area contributed by atoms with Crippen LogP contribution in [0, 0.1) is 20.8 Å². The van der Waals surface area contributed by atoms with Crippen LogP contribution < -0.4 is 5.32 Å². The van der Waals surface area contributed by atoms with Crippen LogP contribution in [-0.4, -0.2) is 15.8 Å². The van der Waals surface area contributed by atoms with Gasteiger partial charge < -0.3 is 5.32 Å². The highest BCUT2D eigenvalue weighted by atomic mass is 15.3. The Kier molecular flexibility index (Phi) is 3.15. The van der Waals surface area contributed by atoms with Gasteiger partial charge >= 0.3 is 0 Å². The normalized spacial score (nSPS) is 14.9. The van der Waals surface area contributed by atoms with Gasteiger partial charge in [-0.25, -0.2) is 4.68 Å². The molecule has 0 atom stereocenters. The van der Waals surface area contributed by atoms with Crippen molar-refractivity contribution in [3.05, 3.63) is 46.8 Å². The van der Waals surface area contributed by atoms with Gasteiger partial charge in [-0.15, -0.1) is 0 Å². The van der Waals surface area contributed by atoms with E-state index in [0.717, 1.165) is 12.6 Å². The molecule has 0 bridgehead atoms. The minimum Gasteiger partial charge on any atom is -0.310 e. The van der Waals surface area contributed by atoms with E-state index in [1.54, 1.807) is 0 Å². The molecule has 1 aliphatic carbocycles. The molecule has 1 N–H and O–H groups in total. The van der Waals surface area contributed by atoms with Gasteiger partial charge in [-0.2, -0.15) is 5.10 Å². The Balaban J connectivity index is 1.85. The van der Waals surface area contributed by atoms with Crippen molar-refractivity contribution in [3.63, 3.8) is 0 Å². The van der Waals surface area contributed by atoms with E-state index in [4.69, 9.17) is 0 Å². The maximum Gasteiger partial charge on any atom is 0.0704 e. The van der Waals surface area contributed by atoms with Gasteiger partial charge in [0.2, 0.25) is 0 Å². The maximum atomic E-state index is 4.51. The summed E-state index contributed by atoms with van der Waals surface area (Å²) in [5.74, 6) is 0. The van der Waals surface area contributed by atoms with Crippen molar-refractivity contribution in [1.29, 1.82) is 0 Å². The number of rotatable bonds is 4. The van der Waals surface area contributed by atoms with Gasteiger partial charge in [0.05, 0.1) is 11.9 Å². The maximum absolute atomic E-state index is 4.51. The third-order valence-corrected chi connectivity index (χ3v) is 3.67. The van der Waals surface area contributed by atoms with E-state index >= 15 is 0 Å². The molecule has 100 valence electrons. The van der Waals surface area contributed by atoms with Crippen molar-refractivity contribution < 1.29 is 0 Å². The molecule has 19 heavy (non-hydrogen) atoms. The lowest BCUT2D eigenvalue weighted by Gasteiger charge is -2.11. The molecule has 3 heteroatoms. The number of benzene rings is 1. The molecule has 0 spiro atoms. The predicted molar refractivity (Wildman–Crippen MR) is 77.6 cm³/mol. The molecule has 0 saturated heterocycles. The van der Waals surface area contributed by atoms with Crippen LogP contribution in [0.15, 0.2) is 24.5 Å². The zero-order valence-electron chi connectivity index (χ0n) is 11.9. The summed E-state index contributed by atoms with van der Waals surface area (Å²) in [7, 11) is 0. The Hall–Kier alpha value is -1.61. The van der Waals surface area contributed by atoms with Crippen LogP contribution in [0.5, 0.6) is 0 Å². The summed E-state index contributed by atoms with van der Waals surface area (Å²) < 4.78 is 2.01. The van der Waals surface area contributed by atoms with Crippen LogP contribution in [0.25, 0.3) is 5.69 Å². The summed E-state index contributed by atoms with van der Waals surface area (Å²) >= 11 is 0. The minimum absolute atomic E-state index is 0.742.